The molecule has 1 amide bonds. The first-order valence-corrected chi connectivity index (χ1v) is 5.79. The molecule has 1 saturated heterocycles. The number of amides is 1. The van der Waals surface area contributed by atoms with Crippen molar-refractivity contribution in [1.82, 2.24) is 5.32 Å². The fraction of sp³-hybridized carbons (Fsp3) is 0.833. The van der Waals surface area contributed by atoms with Gasteiger partial charge in [-0.1, -0.05) is 20.8 Å². The lowest BCUT2D eigenvalue weighted by Crippen LogP contribution is -2.47. The Morgan fingerprint density at radius 1 is 1.50 bits per heavy atom. The smallest absolute Gasteiger partial charge is 0.303 e. The van der Waals surface area contributed by atoms with Gasteiger partial charge in [0.05, 0.1) is 6.42 Å². The highest BCUT2D eigenvalue weighted by Gasteiger charge is 2.32. The first-order chi connectivity index (χ1) is 7.28. The van der Waals surface area contributed by atoms with Crippen LogP contribution in [0.2, 0.25) is 0 Å². The molecule has 1 aliphatic heterocycles. The van der Waals surface area contributed by atoms with E-state index in [-0.39, 0.29) is 29.7 Å². The molecule has 1 aliphatic rings. The van der Waals surface area contributed by atoms with Gasteiger partial charge in [0, 0.05) is 12.5 Å². The highest BCUT2D eigenvalue weighted by atomic mass is 16.4. The molecule has 0 aromatic heterocycles. The second-order valence-electron chi connectivity index (χ2n) is 5.84. The van der Waals surface area contributed by atoms with Crippen LogP contribution in [0.15, 0.2) is 0 Å². The van der Waals surface area contributed by atoms with Gasteiger partial charge in [0.25, 0.3) is 0 Å². The van der Waals surface area contributed by atoms with E-state index < -0.39 is 5.97 Å². The third-order valence-electron chi connectivity index (χ3n) is 2.93. The zero-order valence-electron chi connectivity index (χ0n) is 10.2. The van der Waals surface area contributed by atoms with Crippen molar-refractivity contribution in [2.45, 2.75) is 52.5 Å². The Morgan fingerprint density at radius 3 is 2.62 bits per heavy atom. The average Bonchev–Trinajstić information content (AvgIpc) is 2.06. The Balaban J connectivity index is 2.65. The summed E-state index contributed by atoms with van der Waals surface area (Å²) >= 11 is 0. The maximum absolute atomic E-state index is 11.3. The molecule has 0 aliphatic carbocycles. The molecular formula is C12H21NO3. The summed E-state index contributed by atoms with van der Waals surface area (Å²) in [6.45, 7) is 6.31. The molecular weight excluding hydrogens is 206 g/mol. The molecule has 0 unspecified atom stereocenters. The number of carboxylic acid groups (broad SMARTS) is 1. The topological polar surface area (TPSA) is 66.4 Å². The summed E-state index contributed by atoms with van der Waals surface area (Å²) in [6.07, 6.45) is 2.13. The van der Waals surface area contributed by atoms with E-state index in [4.69, 9.17) is 5.11 Å². The Morgan fingerprint density at radius 2 is 2.12 bits per heavy atom. The van der Waals surface area contributed by atoms with Gasteiger partial charge in [-0.25, -0.2) is 0 Å². The lowest BCUT2D eigenvalue weighted by molar-refractivity contribution is -0.140. The molecule has 0 aromatic carbocycles. The summed E-state index contributed by atoms with van der Waals surface area (Å²) in [6, 6.07) is 0.0114. The zero-order valence-corrected chi connectivity index (χ0v) is 10.2. The molecule has 1 rings (SSSR count). The molecule has 16 heavy (non-hydrogen) atoms. The molecule has 0 radical (unpaired) electrons. The molecule has 0 spiro atoms. The number of hydrogen-bond acceptors (Lipinski definition) is 2. The maximum atomic E-state index is 11.3. The molecule has 2 atom stereocenters. The standard InChI is InChI=1S/C12H21NO3/c1-12(2,3)7-9-8(6-11(15)16)4-5-10(14)13-9/h8-9H,4-7H2,1-3H3,(H,13,14)(H,15,16)/t8-,9-/m1/s1. The summed E-state index contributed by atoms with van der Waals surface area (Å²) < 4.78 is 0. The van der Waals surface area contributed by atoms with Crippen LogP contribution in [0.1, 0.15) is 46.5 Å². The summed E-state index contributed by atoms with van der Waals surface area (Å²) in [7, 11) is 0. The van der Waals surface area contributed by atoms with Gasteiger partial charge in [-0.05, 0) is 24.2 Å². The van der Waals surface area contributed by atoms with Crippen molar-refractivity contribution in [2.75, 3.05) is 0 Å². The van der Waals surface area contributed by atoms with Gasteiger partial charge in [0.15, 0.2) is 0 Å². The highest BCUT2D eigenvalue weighted by Crippen LogP contribution is 2.30. The normalized spacial score (nSPS) is 26.3. The van der Waals surface area contributed by atoms with E-state index in [2.05, 4.69) is 26.1 Å². The van der Waals surface area contributed by atoms with Crippen molar-refractivity contribution >= 4 is 11.9 Å². The Labute approximate surface area is 96.4 Å². The zero-order chi connectivity index (χ0) is 12.3. The second kappa shape index (κ2) is 4.85. The van der Waals surface area contributed by atoms with E-state index in [1.54, 1.807) is 0 Å². The molecule has 4 heteroatoms. The maximum Gasteiger partial charge on any atom is 0.303 e. The Bertz CT molecular complexity index is 280. The number of rotatable bonds is 3. The van der Waals surface area contributed by atoms with Crippen LogP contribution in [0.5, 0.6) is 0 Å². The fourth-order valence-electron chi connectivity index (χ4n) is 2.26. The second-order valence-corrected chi connectivity index (χ2v) is 5.84. The number of carbonyl (C=O) groups is 2. The van der Waals surface area contributed by atoms with Gasteiger partial charge >= 0.3 is 5.97 Å². The molecule has 0 bridgehead atoms. The molecule has 4 nitrogen and oxygen atoms in total. The molecule has 1 heterocycles. The minimum Gasteiger partial charge on any atom is -0.481 e. The lowest BCUT2D eigenvalue weighted by Gasteiger charge is -2.35. The summed E-state index contributed by atoms with van der Waals surface area (Å²) in [5.74, 6) is -0.648. The predicted octanol–water partition coefficient (Wildman–Crippen LogP) is 1.79. The Hall–Kier alpha value is -1.06. The minimum atomic E-state index is -0.778. The van der Waals surface area contributed by atoms with E-state index in [1.165, 1.54) is 0 Å². The van der Waals surface area contributed by atoms with Crippen molar-refractivity contribution in [3.63, 3.8) is 0 Å². The Kier molecular flexibility index (Phi) is 3.94. The number of nitrogens with one attached hydrogen (secondary N) is 1. The molecule has 92 valence electrons. The van der Waals surface area contributed by atoms with Crippen LogP contribution in [0.4, 0.5) is 0 Å². The van der Waals surface area contributed by atoms with E-state index in [1.807, 2.05) is 0 Å². The van der Waals surface area contributed by atoms with Gasteiger partial charge < -0.3 is 10.4 Å². The quantitative estimate of drug-likeness (QED) is 0.772. The van der Waals surface area contributed by atoms with Crippen molar-refractivity contribution in [1.29, 1.82) is 0 Å². The van der Waals surface area contributed by atoms with Crippen molar-refractivity contribution in [3.8, 4) is 0 Å². The number of piperidine rings is 1. The average molecular weight is 227 g/mol. The fourth-order valence-corrected chi connectivity index (χ4v) is 2.26. The van der Waals surface area contributed by atoms with Crippen LogP contribution >= 0.6 is 0 Å². The SMILES string of the molecule is CC(C)(C)C[C@H]1NC(=O)CC[C@@H]1CC(=O)O. The van der Waals surface area contributed by atoms with Crippen LogP contribution < -0.4 is 5.32 Å². The first-order valence-electron chi connectivity index (χ1n) is 5.79. The summed E-state index contributed by atoms with van der Waals surface area (Å²) in [5, 5.41) is 11.8. The largest absolute Gasteiger partial charge is 0.481 e. The van der Waals surface area contributed by atoms with Crippen LogP contribution in [-0.2, 0) is 9.59 Å². The third-order valence-corrected chi connectivity index (χ3v) is 2.93. The van der Waals surface area contributed by atoms with E-state index in [0.29, 0.717) is 12.8 Å². The monoisotopic (exact) mass is 227 g/mol. The third kappa shape index (κ3) is 4.21. The molecule has 2 N–H and O–H groups in total. The minimum absolute atomic E-state index is 0.0114. The van der Waals surface area contributed by atoms with Gasteiger partial charge in [-0.15, -0.1) is 0 Å². The highest BCUT2D eigenvalue weighted by molar-refractivity contribution is 5.77. The van der Waals surface area contributed by atoms with Gasteiger partial charge in [-0.3, -0.25) is 9.59 Å². The van der Waals surface area contributed by atoms with E-state index in [0.717, 1.165) is 6.42 Å². The number of hydrogen-bond donors (Lipinski definition) is 2. The molecule has 0 saturated carbocycles. The van der Waals surface area contributed by atoms with Crippen LogP contribution in [0.3, 0.4) is 0 Å². The van der Waals surface area contributed by atoms with Crippen molar-refractivity contribution < 1.29 is 14.7 Å². The molecule has 1 fully saturated rings. The number of carbonyl (C=O) groups excluding carboxylic acids is 1. The van der Waals surface area contributed by atoms with Crippen molar-refractivity contribution in [3.05, 3.63) is 0 Å². The summed E-state index contributed by atoms with van der Waals surface area (Å²) in [5.41, 5.74) is 0.103. The summed E-state index contributed by atoms with van der Waals surface area (Å²) in [4.78, 5) is 22.1. The van der Waals surface area contributed by atoms with Crippen LogP contribution in [0, 0.1) is 11.3 Å². The van der Waals surface area contributed by atoms with Gasteiger partial charge in [0.2, 0.25) is 5.91 Å². The lowest BCUT2D eigenvalue weighted by atomic mass is 9.78. The number of aliphatic carboxylic acids is 1. The van der Waals surface area contributed by atoms with Crippen LogP contribution in [-0.4, -0.2) is 23.0 Å². The van der Waals surface area contributed by atoms with E-state index in [9.17, 15) is 9.59 Å². The molecule has 0 aromatic rings. The first kappa shape index (κ1) is 13.0. The number of carboxylic acids is 1. The van der Waals surface area contributed by atoms with Crippen LogP contribution in [0.25, 0.3) is 0 Å². The van der Waals surface area contributed by atoms with Gasteiger partial charge in [0.1, 0.15) is 0 Å². The predicted molar refractivity (Wildman–Crippen MR) is 61.0 cm³/mol. The van der Waals surface area contributed by atoms with Crippen molar-refractivity contribution in [2.24, 2.45) is 11.3 Å². The van der Waals surface area contributed by atoms with Gasteiger partial charge in [-0.2, -0.15) is 0 Å². The van der Waals surface area contributed by atoms with E-state index >= 15 is 0 Å².